The Bertz CT molecular complexity index is 1250. The van der Waals surface area contributed by atoms with Crippen molar-refractivity contribution in [3.8, 4) is 11.5 Å². The van der Waals surface area contributed by atoms with Gasteiger partial charge in [0.25, 0.3) is 0 Å². The van der Waals surface area contributed by atoms with Gasteiger partial charge in [-0.05, 0) is 56.5 Å². The highest BCUT2D eigenvalue weighted by atomic mass is 16.6. The molecule has 0 heterocycles. The summed E-state index contributed by atoms with van der Waals surface area (Å²) in [4.78, 5) is 47.0. The SMILES string of the molecule is C=C(C)C(=O)OCCCNC(=O)OCCc1ccc(OCC(COc2ccccc2)OC(=O)NCCCOC(=O)C(=C)C)cc1. The van der Waals surface area contributed by atoms with Crippen molar-refractivity contribution >= 4 is 24.1 Å². The molecule has 1 atom stereocenters. The molecule has 12 heteroatoms. The Morgan fingerprint density at radius 3 is 1.71 bits per heavy atom. The van der Waals surface area contributed by atoms with Crippen LogP contribution >= 0.6 is 0 Å². The number of carbonyl (C=O) groups is 4. The number of rotatable bonds is 20. The van der Waals surface area contributed by atoms with Crippen molar-refractivity contribution in [3.63, 3.8) is 0 Å². The van der Waals surface area contributed by atoms with E-state index in [1.807, 2.05) is 30.3 Å². The van der Waals surface area contributed by atoms with Gasteiger partial charge in [-0.1, -0.05) is 43.5 Å². The lowest BCUT2D eigenvalue weighted by Crippen LogP contribution is -2.36. The number of nitrogens with one attached hydrogen (secondary N) is 2. The number of hydrogen-bond donors (Lipinski definition) is 2. The summed E-state index contributed by atoms with van der Waals surface area (Å²) in [5.74, 6) is 0.231. The lowest BCUT2D eigenvalue weighted by molar-refractivity contribution is -0.139. The van der Waals surface area contributed by atoms with E-state index in [0.717, 1.165) is 5.56 Å². The topological polar surface area (TPSA) is 148 Å². The predicted octanol–water partition coefficient (Wildman–Crippen LogP) is 4.53. The highest BCUT2D eigenvalue weighted by molar-refractivity contribution is 5.87. The Balaban J connectivity index is 1.73. The van der Waals surface area contributed by atoms with Crippen LogP contribution in [-0.4, -0.2) is 76.4 Å². The third-order valence-electron chi connectivity index (χ3n) is 5.78. The highest BCUT2D eigenvalue weighted by Crippen LogP contribution is 2.15. The first-order valence-electron chi connectivity index (χ1n) is 14.5. The molecule has 0 aliphatic carbocycles. The molecule has 244 valence electrons. The molecule has 0 aliphatic heterocycles. The zero-order chi connectivity index (χ0) is 32.9. The van der Waals surface area contributed by atoms with Gasteiger partial charge >= 0.3 is 24.1 Å². The zero-order valence-electron chi connectivity index (χ0n) is 25.8. The van der Waals surface area contributed by atoms with Gasteiger partial charge in [0.1, 0.15) is 24.7 Å². The summed E-state index contributed by atoms with van der Waals surface area (Å²) in [6, 6.07) is 16.3. The number of carbonyl (C=O) groups excluding carboxylic acids is 4. The van der Waals surface area contributed by atoms with Crippen LogP contribution in [0.3, 0.4) is 0 Å². The molecule has 2 N–H and O–H groups in total. The maximum absolute atomic E-state index is 12.4. The van der Waals surface area contributed by atoms with Gasteiger partial charge in [0.15, 0.2) is 6.10 Å². The Hall–Kier alpha value is -5.00. The van der Waals surface area contributed by atoms with Gasteiger partial charge in [-0.25, -0.2) is 19.2 Å². The molecule has 0 saturated carbocycles. The van der Waals surface area contributed by atoms with E-state index in [-0.39, 0.29) is 39.6 Å². The van der Waals surface area contributed by atoms with Gasteiger partial charge in [0.05, 0.1) is 19.8 Å². The van der Waals surface area contributed by atoms with Crippen molar-refractivity contribution in [2.45, 2.75) is 39.2 Å². The summed E-state index contributed by atoms with van der Waals surface area (Å²) < 4.78 is 32.3. The average molecular weight is 627 g/mol. The van der Waals surface area contributed by atoms with Crippen LogP contribution in [0.2, 0.25) is 0 Å². The normalized spacial score (nSPS) is 10.9. The molecule has 0 aromatic heterocycles. The smallest absolute Gasteiger partial charge is 0.407 e. The summed E-state index contributed by atoms with van der Waals surface area (Å²) in [6.07, 6.45) is -0.576. The summed E-state index contributed by atoms with van der Waals surface area (Å²) in [5, 5.41) is 5.23. The first-order valence-corrected chi connectivity index (χ1v) is 14.5. The van der Waals surface area contributed by atoms with Gasteiger partial charge in [-0.15, -0.1) is 0 Å². The first-order chi connectivity index (χ1) is 21.6. The Morgan fingerprint density at radius 1 is 0.667 bits per heavy atom. The molecule has 0 spiro atoms. The average Bonchev–Trinajstić information content (AvgIpc) is 3.02. The van der Waals surface area contributed by atoms with Crippen molar-refractivity contribution in [1.29, 1.82) is 0 Å². The van der Waals surface area contributed by atoms with E-state index in [2.05, 4.69) is 23.8 Å². The minimum Gasteiger partial charge on any atom is -0.490 e. The minimum atomic E-state index is -0.726. The number of alkyl carbamates (subject to hydrolysis) is 2. The standard InChI is InChI=1S/C33H42N2O10/c1-24(2)30(36)40-19-8-17-34-32(38)42-21-16-26-12-14-28(15-13-26)44-23-29(22-43-27-10-6-5-7-11-27)45-33(39)35-18-9-20-41-31(37)25(3)4/h5-7,10-15,29H,1,3,8-9,16-23H2,2,4H3,(H,34,38)(H,35,39). The molecule has 2 aromatic carbocycles. The Morgan fingerprint density at radius 2 is 1.18 bits per heavy atom. The van der Waals surface area contributed by atoms with Crippen LogP contribution in [0.1, 0.15) is 32.3 Å². The van der Waals surface area contributed by atoms with Crippen LogP contribution in [-0.2, 0) is 35.0 Å². The number of esters is 2. The number of ether oxygens (including phenoxy) is 6. The van der Waals surface area contributed by atoms with Crippen LogP contribution in [0.25, 0.3) is 0 Å². The van der Waals surface area contributed by atoms with Gasteiger partial charge < -0.3 is 39.1 Å². The molecule has 0 radical (unpaired) electrons. The van der Waals surface area contributed by atoms with Crippen molar-refractivity contribution in [2.24, 2.45) is 0 Å². The van der Waals surface area contributed by atoms with Crippen molar-refractivity contribution in [2.75, 3.05) is 46.1 Å². The van der Waals surface area contributed by atoms with Crippen LogP contribution in [0, 0.1) is 0 Å². The molecule has 0 fully saturated rings. The van der Waals surface area contributed by atoms with Crippen molar-refractivity contribution < 1.29 is 47.6 Å². The van der Waals surface area contributed by atoms with Gasteiger partial charge in [0.2, 0.25) is 0 Å². The van der Waals surface area contributed by atoms with Crippen molar-refractivity contribution in [3.05, 3.63) is 84.5 Å². The fraction of sp³-hybridized carbons (Fsp3) is 0.394. The molecule has 0 aliphatic rings. The third-order valence-corrected chi connectivity index (χ3v) is 5.78. The summed E-state index contributed by atoms with van der Waals surface area (Å²) in [6.45, 7) is 11.3. The predicted molar refractivity (Wildman–Crippen MR) is 166 cm³/mol. The lowest BCUT2D eigenvalue weighted by atomic mass is 10.1. The quantitative estimate of drug-likeness (QED) is 0.0930. The first kappa shape index (κ1) is 36.2. The Labute approximate surface area is 263 Å². The van der Waals surface area contributed by atoms with Crippen LogP contribution < -0.4 is 20.1 Å². The number of amides is 2. The molecular weight excluding hydrogens is 584 g/mol. The fourth-order valence-corrected chi connectivity index (χ4v) is 3.37. The second-order valence-corrected chi connectivity index (χ2v) is 9.89. The van der Waals surface area contributed by atoms with Gasteiger partial charge in [0, 0.05) is 30.7 Å². The molecule has 1 unspecified atom stereocenters. The summed E-state index contributed by atoms with van der Waals surface area (Å²) in [7, 11) is 0. The maximum atomic E-state index is 12.4. The molecular formula is C33H42N2O10. The van der Waals surface area contributed by atoms with E-state index in [9.17, 15) is 19.2 Å². The molecule has 0 saturated heterocycles. The van der Waals surface area contributed by atoms with E-state index in [1.54, 1.807) is 38.1 Å². The third kappa shape index (κ3) is 16.4. The van der Waals surface area contributed by atoms with Crippen LogP contribution in [0.15, 0.2) is 78.9 Å². The van der Waals surface area contributed by atoms with Crippen LogP contribution in [0.4, 0.5) is 9.59 Å². The number of para-hydroxylation sites is 1. The second-order valence-electron chi connectivity index (χ2n) is 9.89. The van der Waals surface area contributed by atoms with E-state index < -0.39 is 30.2 Å². The fourth-order valence-electron chi connectivity index (χ4n) is 3.37. The highest BCUT2D eigenvalue weighted by Gasteiger charge is 2.17. The molecule has 0 bridgehead atoms. The molecule has 2 rings (SSSR count). The van der Waals surface area contributed by atoms with E-state index in [0.29, 0.717) is 48.5 Å². The molecule has 45 heavy (non-hydrogen) atoms. The van der Waals surface area contributed by atoms with E-state index in [4.69, 9.17) is 28.4 Å². The van der Waals surface area contributed by atoms with Gasteiger partial charge in [-0.2, -0.15) is 0 Å². The van der Waals surface area contributed by atoms with Crippen molar-refractivity contribution in [1.82, 2.24) is 10.6 Å². The number of hydrogen-bond acceptors (Lipinski definition) is 10. The maximum Gasteiger partial charge on any atom is 0.407 e. The van der Waals surface area contributed by atoms with Gasteiger partial charge in [-0.3, -0.25) is 0 Å². The van der Waals surface area contributed by atoms with E-state index >= 15 is 0 Å². The van der Waals surface area contributed by atoms with Crippen LogP contribution in [0.5, 0.6) is 11.5 Å². The molecule has 2 amide bonds. The monoisotopic (exact) mass is 626 g/mol. The van der Waals surface area contributed by atoms with E-state index in [1.165, 1.54) is 0 Å². The summed E-state index contributed by atoms with van der Waals surface area (Å²) >= 11 is 0. The zero-order valence-corrected chi connectivity index (χ0v) is 25.8. The Kier molecular flexibility index (Phi) is 16.8. The summed E-state index contributed by atoms with van der Waals surface area (Å²) in [5.41, 5.74) is 1.56. The second kappa shape index (κ2) is 20.8. The largest absolute Gasteiger partial charge is 0.490 e. The molecule has 2 aromatic rings. The lowest BCUT2D eigenvalue weighted by Gasteiger charge is -2.19. The molecule has 12 nitrogen and oxygen atoms in total. The minimum absolute atomic E-state index is 0.0332. The number of benzene rings is 2.